The minimum atomic E-state index is -0.791. The van der Waals surface area contributed by atoms with E-state index < -0.39 is 17.4 Å². The summed E-state index contributed by atoms with van der Waals surface area (Å²) in [5, 5.41) is 0. The molecule has 8 nitrogen and oxygen atoms in total. The highest BCUT2D eigenvalue weighted by molar-refractivity contribution is 5.75. The third kappa shape index (κ3) is 4.79. The van der Waals surface area contributed by atoms with Gasteiger partial charge in [0.2, 0.25) is 5.88 Å². The first kappa shape index (κ1) is 23.3. The summed E-state index contributed by atoms with van der Waals surface area (Å²) in [5.41, 5.74) is 2.58. The standard InChI is InChI=1S/C23H34N2O6/c1-13-17-9-15(20(26)28-8)10-18(17)14(2)24-19(13)29-11-16-12-30-23(6,7)25(16)21(27)31-22(3,4)5/h15-16H,9-12H2,1-8H3/t15?,16-/m0/s1. The lowest BCUT2D eigenvalue weighted by Crippen LogP contribution is -2.51. The molecule has 1 aliphatic heterocycles. The zero-order valence-corrected chi connectivity index (χ0v) is 19.8. The second-order valence-corrected chi connectivity index (χ2v) is 9.79. The average molecular weight is 435 g/mol. The van der Waals surface area contributed by atoms with Crippen LogP contribution >= 0.6 is 0 Å². The van der Waals surface area contributed by atoms with Crippen LogP contribution in [-0.4, -0.2) is 59.6 Å². The Morgan fingerprint density at radius 2 is 1.84 bits per heavy atom. The lowest BCUT2D eigenvalue weighted by Gasteiger charge is -2.35. The van der Waals surface area contributed by atoms with Crippen LogP contribution in [0.15, 0.2) is 0 Å². The number of carbonyl (C=O) groups is 2. The molecule has 1 unspecified atom stereocenters. The Balaban J connectivity index is 1.76. The molecule has 31 heavy (non-hydrogen) atoms. The second-order valence-electron chi connectivity index (χ2n) is 9.79. The van der Waals surface area contributed by atoms with Crippen LogP contribution in [0.2, 0.25) is 0 Å². The van der Waals surface area contributed by atoms with Crippen molar-refractivity contribution in [3.63, 3.8) is 0 Å². The number of methoxy groups -OCH3 is 1. The van der Waals surface area contributed by atoms with Crippen LogP contribution in [0.3, 0.4) is 0 Å². The molecule has 1 fully saturated rings. The normalized spacial score (nSPS) is 22.3. The molecule has 2 aliphatic rings. The molecule has 8 heteroatoms. The third-order valence-corrected chi connectivity index (χ3v) is 5.86. The van der Waals surface area contributed by atoms with E-state index in [0.717, 1.165) is 22.4 Å². The van der Waals surface area contributed by atoms with E-state index >= 15 is 0 Å². The van der Waals surface area contributed by atoms with Crippen molar-refractivity contribution >= 4 is 12.1 Å². The smallest absolute Gasteiger partial charge is 0.413 e. The summed E-state index contributed by atoms with van der Waals surface area (Å²) >= 11 is 0. The van der Waals surface area contributed by atoms with E-state index in [4.69, 9.17) is 18.9 Å². The molecule has 172 valence electrons. The Labute approximate surface area is 184 Å². The zero-order valence-electron chi connectivity index (χ0n) is 19.8. The van der Waals surface area contributed by atoms with E-state index in [1.807, 2.05) is 48.5 Å². The number of nitrogens with zero attached hydrogens (tertiary/aromatic N) is 2. The maximum Gasteiger partial charge on any atom is 0.413 e. The van der Waals surface area contributed by atoms with Gasteiger partial charge in [-0.2, -0.15) is 0 Å². The summed E-state index contributed by atoms with van der Waals surface area (Å²) in [6.07, 6.45) is 0.829. The molecule has 2 heterocycles. The van der Waals surface area contributed by atoms with E-state index in [1.54, 1.807) is 4.90 Å². The van der Waals surface area contributed by atoms with Crippen LogP contribution in [-0.2, 0) is 31.8 Å². The van der Waals surface area contributed by atoms with Crippen LogP contribution in [0, 0.1) is 19.8 Å². The lowest BCUT2D eigenvalue weighted by atomic mass is 10.0. The van der Waals surface area contributed by atoms with E-state index in [-0.39, 0.29) is 24.5 Å². The quantitative estimate of drug-likeness (QED) is 0.672. The Morgan fingerprint density at radius 1 is 1.19 bits per heavy atom. The van der Waals surface area contributed by atoms with Gasteiger partial charge in [-0.3, -0.25) is 9.69 Å². The third-order valence-electron chi connectivity index (χ3n) is 5.86. The topological polar surface area (TPSA) is 87.2 Å². The van der Waals surface area contributed by atoms with Crippen LogP contribution in [0.1, 0.15) is 57.0 Å². The Morgan fingerprint density at radius 3 is 2.45 bits per heavy atom. The van der Waals surface area contributed by atoms with Crippen molar-refractivity contribution < 1.29 is 28.5 Å². The largest absolute Gasteiger partial charge is 0.475 e. The highest BCUT2D eigenvalue weighted by Crippen LogP contribution is 2.36. The van der Waals surface area contributed by atoms with Crippen molar-refractivity contribution in [2.24, 2.45) is 5.92 Å². The number of esters is 1. The molecule has 0 spiro atoms. The monoisotopic (exact) mass is 434 g/mol. The van der Waals surface area contributed by atoms with Gasteiger partial charge in [0.25, 0.3) is 0 Å². The predicted octanol–water partition coefficient (Wildman–Crippen LogP) is 3.34. The number of amides is 1. The van der Waals surface area contributed by atoms with E-state index in [2.05, 4.69) is 4.98 Å². The molecule has 1 aliphatic carbocycles. The van der Waals surface area contributed by atoms with Crippen LogP contribution in [0.4, 0.5) is 4.79 Å². The number of carbonyl (C=O) groups excluding carboxylic acids is 2. The number of aromatic nitrogens is 1. The molecule has 3 rings (SSSR count). The molecule has 0 aromatic carbocycles. The SMILES string of the molecule is COC(=O)C1Cc2c(C)nc(OC[C@H]3COC(C)(C)N3C(=O)OC(C)(C)C)c(C)c2C1. The summed E-state index contributed by atoms with van der Waals surface area (Å²) in [5.74, 6) is 0.146. The number of pyridine rings is 1. The molecule has 0 saturated carbocycles. The molecule has 0 radical (unpaired) electrons. The molecule has 1 aromatic heterocycles. The maximum atomic E-state index is 12.8. The second kappa shape index (κ2) is 8.30. The number of hydrogen-bond acceptors (Lipinski definition) is 7. The molecule has 1 saturated heterocycles. The molecule has 0 bridgehead atoms. The van der Waals surface area contributed by atoms with Gasteiger partial charge in [-0.1, -0.05) is 0 Å². The summed E-state index contributed by atoms with van der Waals surface area (Å²) in [6, 6.07) is -0.303. The number of ether oxygens (including phenoxy) is 4. The zero-order chi connectivity index (χ0) is 23.1. The Hall–Kier alpha value is -2.35. The Kier molecular flexibility index (Phi) is 6.24. The van der Waals surface area contributed by atoms with Crippen molar-refractivity contribution in [3.05, 3.63) is 22.4 Å². The van der Waals surface area contributed by atoms with Gasteiger partial charge in [0.15, 0.2) is 0 Å². The summed E-state index contributed by atoms with van der Waals surface area (Å²) in [6.45, 7) is 13.7. The number of rotatable bonds is 4. The van der Waals surface area contributed by atoms with E-state index in [0.29, 0.717) is 25.3 Å². The van der Waals surface area contributed by atoms with Gasteiger partial charge in [-0.15, -0.1) is 0 Å². The number of aryl methyl sites for hydroxylation is 1. The highest BCUT2D eigenvalue weighted by atomic mass is 16.6. The van der Waals surface area contributed by atoms with Crippen molar-refractivity contribution in [2.45, 2.75) is 78.7 Å². The van der Waals surface area contributed by atoms with Gasteiger partial charge in [0.05, 0.1) is 25.7 Å². The predicted molar refractivity (Wildman–Crippen MR) is 114 cm³/mol. The first-order valence-corrected chi connectivity index (χ1v) is 10.7. The summed E-state index contributed by atoms with van der Waals surface area (Å²) < 4.78 is 22.4. The molecular formula is C23H34N2O6. The van der Waals surface area contributed by atoms with E-state index in [1.165, 1.54) is 7.11 Å². The first-order valence-electron chi connectivity index (χ1n) is 10.7. The highest BCUT2D eigenvalue weighted by Gasteiger charge is 2.46. The first-order chi connectivity index (χ1) is 14.3. The number of hydrogen-bond donors (Lipinski definition) is 0. The lowest BCUT2D eigenvalue weighted by molar-refractivity contribution is -0.145. The van der Waals surface area contributed by atoms with Crippen LogP contribution < -0.4 is 4.74 Å². The Bertz CT molecular complexity index is 874. The molecular weight excluding hydrogens is 400 g/mol. The van der Waals surface area contributed by atoms with E-state index in [9.17, 15) is 9.59 Å². The minimum Gasteiger partial charge on any atom is -0.475 e. The summed E-state index contributed by atoms with van der Waals surface area (Å²) in [4.78, 5) is 31.1. The van der Waals surface area contributed by atoms with Crippen molar-refractivity contribution in [1.82, 2.24) is 9.88 Å². The molecule has 2 atom stereocenters. The molecule has 0 N–H and O–H groups in total. The van der Waals surface area contributed by atoms with Gasteiger partial charge >= 0.3 is 12.1 Å². The fourth-order valence-electron chi connectivity index (χ4n) is 4.33. The van der Waals surface area contributed by atoms with Gasteiger partial charge in [0, 0.05) is 11.3 Å². The van der Waals surface area contributed by atoms with Gasteiger partial charge in [0.1, 0.15) is 17.9 Å². The van der Waals surface area contributed by atoms with Gasteiger partial charge in [-0.05, 0) is 72.4 Å². The van der Waals surface area contributed by atoms with Crippen LogP contribution in [0.5, 0.6) is 5.88 Å². The van der Waals surface area contributed by atoms with Crippen molar-refractivity contribution in [3.8, 4) is 5.88 Å². The van der Waals surface area contributed by atoms with Gasteiger partial charge < -0.3 is 18.9 Å². The maximum absolute atomic E-state index is 12.8. The van der Waals surface area contributed by atoms with Crippen molar-refractivity contribution in [1.29, 1.82) is 0 Å². The fourth-order valence-corrected chi connectivity index (χ4v) is 4.33. The van der Waals surface area contributed by atoms with Gasteiger partial charge in [-0.25, -0.2) is 9.78 Å². The molecule has 1 aromatic rings. The summed E-state index contributed by atoms with van der Waals surface area (Å²) in [7, 11) is 1.42. The average Bonchev–Trinajstić information content (AvgIpc) is 3.23. The van der Waals surface area contributed by atoms with Crippen LogP contribution in [0.25, 0.3) is 0 Å². The number of fused-ring (bicyclic) bond motifs is 1. The fraction of sp³-hybridized carbons (Fsp3) is 0.696. The van der Waals surface area contributed by atoms with Crippen molar-refractivity contribution in [2.75, 3.05) is 20.3 Å². The minimum absolute atomic E-state index is 0.179. The molecule has 1 amide bonds.